The Morgan fingerprint density at radius 2 is 1.66 bits per heavy atom. The monoisotopic (exact) mass is 420 g/mol. The maximum atomic E-state index is 11.6. The van der Waals surface area contributed by atoms with E-state index in [4.69, 9.17) is 15.1 Å². The largest absolute Gasteiger partial charge is 0.436 e. The van der Waals surface area contributed by atoms with Crippen molar-refractivity contribution in [1.82, 2.24) is 4.98 Å². The predicted octanol–water partition coefficient (Wildman–Crippen LogP) is 6.14. The van der Waals surface area contributed by atoms with E-state index < -0.39 is 5.91 Å². The normalized spacial score (nSPS) is 15.5. The van der Waals surface area contributed by atoms with Gasteiger partial charge in [0.15, 0.2) is 5.76 Å². The Labute approximate surface area is 187 Å². The highest BCUT2D eigenvalue weighted by molar-refractivity contribution is 5.92. The molecule has 1 amide bonds. The number of aromatic nitrogens is 1. The van der Waals surface area contributed by atoms with Gasteiger partial charge < -0.3 is 10.2 Å². The SMILES string of the molecule is NC(=O)c1cccc(CC2CCC=C2c2nc(-c3ccccc3)c(-c3ccccc3)o2)c1. The minimum atomic E-state index is -0.401. The third-order valence-corrected chi connectivity index (χ3v) is 5.97. The van der Waals surface area contributed by atoms with Gasteiger partial charge in [-0.05, 0) is 42.9 Å². The molecule has 4 aromatic rings. The fourth-order valence-corrected chi connectivity index (χ4v) is 4.39. The van der Waals surface area contributed by atoms with E-state index in [1.165, 1.54) is 0 Å². The van der Waals surface area contributed by atoms with Crippen LogP contribution in [0.1, 0.15) is 34.7 Å². The van der Waals surface area contributed by atoms with Gasteiger partial charge >= 0.3 is 0 Å². The molecule has 1 heterocycles. The standard InChI is InChI=1S/C28H24N2O2/c29-27(31)23-15-7-9-19(18-23)17-22-14-8-16-24(22)28-30-25(20-10-3-1-4-11-20)26(32-28)21-12-5-2-6-13-21/h1-7,9-13,15-16,18,22H,8,14,17H2,(H2,29,31). The number of allylic oxidation sites excluding steroid dienone is 2. The number of hydrogen-bond acceptors (Lipinski definition) is 3. The molecule has 1 atom stereocenters. The van der Waals surface area contributed by atoms with E-state index in [0.717, 1.165) is 53.0 Å². The topological polar surface area (TPSA) is 69.1 Å². The van der Waals surface area contributed by atoms with E-state index in [1.807, 2.05) is 66.7 Å². The number of hydrogen-bond donors (Lipinski definition) is 1. The van der Waals surface area contributed by atoms with Gasteiger partial charge in [0.05, 0.1) is 0 Å². The number of nitrogens with zero attached hydrogens (tertiary/aromatic N) is 1. The summed E-state index contributed by atoms with van der Waals surface area (Å²) < 4.78 is 6.42. The number of nitrogens with two attached hydrogens (primary N) is 1. The van der Waals surface area contributed by atoms with Crippen LogP contribution < -0.4 is 5.73 Å². The smallest absolute Gasteiger partial charge is 0.248 e. The third-order valence-electron chi connectivity index (χ3n) is 5.97. The summed E-state index contributed by atoms with van der Waals surface area (Å²) in [5, 5.41) is 0. The van der Waals surface area contributed by atoms with Crippen molar-refractivity contribution in [3.05, 3.63) is 108 Å². The first-order valence-electron chi connectivity index (χ1n) is 10.9. The third kappa shape index (κ3) is 4.00. The summed E-state index contributed by atoms with van der Waals surface area (Å²) in [6.45, 7) is 0. The molecule has 32 heavy (non-hydrogen) atoms. The number of amides is 1. The van der Waals surface area contributed by atoms with Crippen molar-refractivity contribution in [3.63, 3.8) is 0 Å². The fourth-order valence-electron chi connectivity index (χ4n) is 4.39. The van der Waals surface area contributed by atoms with Gasteiger partial charge in [-0.2, -0.15) is 0 Å². The van der Waals surface area contributed by atoms with E-state index in [-0.39, 0.29) is 5.92 Å². The number of oxazole rings is 1. The second-order valence-electron chi connectivity index (χ2n) is 8.13. The minimum absolute atomic E-state index is 0.282. The maximum absolute atomic E-state index is 11.6. The Kier molecular flexibility index (Phi) is 5.42. The van der Waals surface area contributed by atoms with Gasteiger partial charge in [0, 0.05) is 22.3 Å². The van der Waals surface area contributed by atoms with Crippen LogP contribution >= 0.6 is 0 Å². The van der Waals surface area contributed by atoms with Crippen LogP contribution in [-0.4, -0.2) is 10.9 Å². The van der Waals surface area contributed by atoms with Crippen LogP contribution in [0.3, 0.4) is 0 Å². The summed E-state index contributed by atoms with van der Waals surface area (Å²) in [4.78, 5) is 16.5. The summed E-state index contributed by atoms with van der Waals surface area (Å²) in [7, 11) is 0. The van der Waals surface area contributed by atoms with Gasteiger partial charge in [0.2, 0.25) is 11.8 Å². The molecule has 4 nitrogen and oxygen atoms in total. The predicted molar refractivity (Wildman–Crippen MR) is 127 cm³/mol. The van der Waals surface area contributed by atoms with Crippen molar-refractivity contribution >= 4 is 11.5 Å². The highest BCUT2D eigenvalue weighted by atomic mass is 16.4. The van der Waals surface area contributed by atoms with Gasteiger partial charge in [-0.1, -0.05) is 78.9 Å². The molecule has 158 valence electrons. The van der Waals surface area contributed by atoms with Gasteiger partial charge in [-0.15, -0.1) is 0 Å². The molecule has 0 spiro atoms. The van der Waals surface area contributed by atoms with Crippen molar-refractivity contribution in [3.8, 4) is 22.6 Å². The Balaban J connectivity index is 1.51. The average Bonchev–Trinajstić information content (AvgIpc) is 3.47. The number of benzene rings is 3. The molecule has 1 aliphatic rings. The molecule has 0 aliphatic heterocycles. The molecule has 1 aliphatic carbocycles. The van der Waals surface area contributed by atoms with Crippen LogP contribution in [-0.2, 0) is 6.42 Å². The van der Waals surface area contributed by atoms with Gasteiger partial charge in [0.1, 0.15) is 5.69 Å². The van der Waals surface area contributed by atoms with Crippen LogP contribution in [0.4, 0.5) is 0 Å². The van der Waals surface area contributed by atoms with Crippen molar-refractivity contribution < 1.29 is 9.21 Å². The number of carbonyl (C=O) groups excluding carboxylic acids is 1. The van der Waals surface area contributed by atoms with E-state index in [2.05, 4.69) is 18.2 Å². The number of primary amides is 1. The van der Waals surface area contributed by atoms with Crippen LogP contribution in [0.15, 0.2) is 95.4 Å². The van der Waals surface area contributed by atoms with Gasteiger partial charge in [0.25, 0.3) is 0 Å². The molecule has 3 aromatic carbocycles. The van der Waals surface area contributed by atoms with Crippen molar-refractivity contribution in [2.75, 3.05) is 0 Å². The van der Waals surface area contributed by atoms with Gasteiger partial charge in [-0.3, -0.25) is 4.79 Å². The molecule has 0 radical (unpaired) electrons. The first-order chi connectivity index (χ1) is 15.7. The molecule has 1 aromatic heterocycles. The Morgan fingerprint density at radius 1 is 0.938 bits per heavy atom. The summed E-state index contributed by atoms with van der Waals surface area (Å²) in [5.74, 6) is 1.34. The second-order valence-corrected chi connectivity index (χ2v) is 8.13. The molecule has 0 saturated carbocycles. The molecule has 5 rings (SSSR count). The van der Waals surface area contributed by atoms with Crippen LogP contribution in [0.25, 0.3) is 28.2 Å². The van der Waals surface area contributed by atoms with Crippen LogP contribution in [0.2, 0.25) is 0 Å². The number of carbonyl (C=O) groups is 1. The molecule has 0 fully saturated rings. The maximum Gasteiger partial charge on any atom is 0.248 e. The van der Waals surface area contributed by atoms with Crippen molar-refractivity contribution in [2.24, 2.45) is 11.7 Å². The van der Waals surface area contributed by atoms with E-state index in [1.54, 1.807) is 6.07 Å². The van der Waals surface area contributed by atoms with Crippen LogP contribution in [0, 0.1) is 5.92 Å². The lowest BCUT2D eigenvalue weighted by molar-refractivity contribution is 0.1000. The van der Waals surface area contributed by atoms with Gasteiger partial charge in [-0.25, -0.2) is 4.98 Å². The highest BCUT2D eigenvalue weighted by Gasteiger charge is 2.27. The Hall–Kier alpha value is -3.92. The molecule has 4 heteroatoms. The second kappa shape index (κ2) is 8.67. The van der Waals surface area contributed by atoms with E-state index in [9.17, 15) is 4.79 Å². The Morgan fingerprint density at radius 3 is 2.38 bits per heavy atom. The van der Waals surface area contributed by atoms with Crippen LogP contribution in [0.5, 0.6) is 0 Å². The first kappa shape index (κ1) is 20.0. The summed E-state index contributed by atoms with van der Waals surface area (Å²) in [6, 6.07) is 27.8. The number of rotatable bonds is 6. The lowest BCUT2D eigenvalue weighted by Crippen LogP contribution is -2.11. The molecule has 2 N–H and O–H groups in total. The summed E-state index contributed by atoms with van der Waals surface area (Å²) >= 11 is 0. The minimum Gasteiger partial charge on any atom is -0.436 e. The quantitative estimate of drug-likeness (QED) is 0.407. The zero-order valence-electron chi connectivity index (χ0n) is 17.7. The molecular weight excluding hydrogens is 396 g/mol. The average molecular weight is 421 g/mol. The Bertz CT molecular complexity index is 1220. The lowest BCUT2D eigenvalue weighted by atomic mass is 9.92. The van der Waals surface area contributed by atoms with Crippen molar-refractivity contribution in [2.45, 2.75) is 19.3 Å². The summed E-state index contributed by atoms with van der Waals surface area (Å²) in [5.41, 5.74) is 11.1. The molecule has 0 saturated heterocycles. The van der Waals surface area contributed by atoms with Crippen molar-refractivity contribution in [1.29, 1.82) is 0 Å². The lowest BCUT2D eigenvalue weighted by Gasteiger charge is -2.13. The zero-order chi connectivity index (χ0) is 21.9. The zero-order valence-corrected chi connectivity index (χ0v) is 17.7. The highest BCUT2D eigenvalue weighted by Crippen LogP contribution is 2.40. The summed E-state index contributed by atoms with van der Waals surface area (Å²) in [6.07, 6.45) is 5.06. The molecule has 0 bridgehead atoms. The van der Waals surface area contributed by atoms with E-state index >= 15 is 0 Å². The fraction of sp³-hybridized carbons (Fsp3) is 0.143. The molecular formula is C28H24N2O2. The molecule has 1 unspecified atom stereocenters. The first-order valence-corrected chi connectivity index (χ1v) is 10.9. The van der Waals surface area contributed by atoms with E-state index in [0.29, 0.717) is 11.5 Å².